The van der Waals surface area contributed by atoms with Crippen molar-refractivity contribution < 1.29 is 4.74 Å². The van der Waals surface area contributed by atoms with Crippen LogP contribution in [0.1, 0.15) is 34.1 Å². The number of hydrogen-bond acceptors (Lipinski definition) is 2. The Bertz CT molecular complexity index is 104. The van der Waals surface area contributed by atoms with Crippen molar-refractivity contribution in [3.05, 3.63) is 0 Å². The van der Waals surface area contributed by atoms with Gasteiger partial charge in [-0.2, -0.15) is 0 Å². The summed E-state index contributed by atoms with van der Waals surface area (Å²) in [6.45, 7) is 8.61. The van der Waals surface area contributed by atoms with Gasteiger partial charge in [0.2, 0.25) is 0 Å². The molecule has 0 spiro atoms. The minimum Gasteiger partial charge on any atom is -0.382 e. The molecule has 74 valence electrons. The molecule has 2 N–H and O–H groups in total. The predicted octanol–water partition coefficient (Wildman–Crippen LogP) is 2.03. The van der Waals surface area contributed by atoms with E-state index in [4.69, 9.17) is 10.5 Å². The summed E-state index contributed by atoms with van der Waals surface area (Å²) in [7, 11) is 1.75. The van der Waals surface area contributed by atoms with Crippen LogP contribution in [0.25, 0.3) is 0 Å². The third-order valence-corrected chi connectivity index (χ3v) is 2.54. The molecule has 0 fully saturated rings. The largest absolute Gasteiger partial charge is 0.382 e. The fourth-order valence-electron chi connectivity index (χ4n) is 1.57. The molecule has 0 aliphatic heterocycles. The van der Waals surface area contributed by atoms with Crippen molar-refractivity contribution in [3.63, 3.8) is 0 Å². The Hall–Kier alpha value is -0.0800. The van der Waals surface area contributed by atoms with Gasteiger partial charge < -0.3 is 10.5 Å². The molecule has 3 atom stereocenters. The zero-order valence-electron chi connectivity index (χ0n) is 9.00. The molecule has 0 heterocycles. The van der Waals surface area contributed by atoms with E-state index in [0.29, 0.717) is 17.9 Å². The fraction of sp³-hybridized carbons (Fsp3) is 1.00. The highest BCUT2D eigenvalue weighted by molar-refractivity contribution is 4.74. The van der Waals surface area contributed by atoms with E-state index in [1.807, 2.05) is 0 Å². The maximum atomic E-state index is 5.89. The second kappa shape index (κ2) is 5.55. The van der Waals surface area contributed by atoms with Gasteiger partial charge in [0, 0.05) is 13.2 Å². The highest BCUT2D eigenvalue weighted by atomic mass is 16.5. The molecule has 0 saturated carbocycles. The van der Waals surface area contributed by atoms with E-state index >= 15 is 0 Å². The molecular formula is C10H23NO. The lowest BCUT2D eigenvalue weighted by Gasteiger charge is -2.26. The summed E-state index contributed by atoms with van der Waals surface area (Å²) in [6.07, 6.45) is 1.38. The van der Waals surface area contributed by atoms with Gasteiger partial charge in [-0.25, -0.2) is 0 Å². The van der Waals surface area contributed by atoms with Crippen LogP contribution in [0, 0.1) is 11.8 Å². The Balaban J connectivity index is 3.95. The summed E-state index contributed by atoms with van der Waals surface area (Å²) in [4.78, 5) is 0. The predicted molar refractivity (Wildman–Crippen MR) is 53.1 cm³/mol. The molecule has 0 aliphatic carbocycles. The van der Waals surface area contributed by atoms with Gasteiger partial charge in [-0.15, -0.1) is 0 Å². The first-order valence-electron chi connectivity index (χ1n) is 4.77. The Morgan fingerprint density at radius 2 is 1.67 bits per heavy atom. The number of rotatable bonds is 5. The third kappa shape index (κ3) is 4.07. The highest BCUT2D eigenvalue weighted by Crippen LogP contribution is 2.20. The fourth-order valence-corrected chi connectivity index (χ4v) is 1.57. The SMILES string of the molecule is COC(C)CC(C(C)C)C(C)N. The van der Waals surface area contributed by atoms with Crippen molar-refractivity contribution in [2.45, 2.75) is 46.3 Å². The van der Waals surface area contributed by atoms with Crippen LogP contribution >= 0.6 is 0 Å². The van der Waals surface area contributed by atoms with E-state index in [-0.39, 0.29) is 6.04 Å². The first kappa shape index (κ1) is 11.9. The maximum Gasteiger partial charge on any atom is 0.0546 e. The summed E-state index contributed by atoms with van der Waals surface area (Å²) in [5.74, 6) is 1.21. The molecule has 0 aromatic heterocycles. The minimum atomic E-state index is 0.266. The first-order chi connectivity index (χ1) is 5.49. The Morgan fingerprint density at radius 1 is 1.17 bits per heavy atom. The molecule has 0 amide bonds. The number of ether oxygens (including phenoxy) is 1. The molecule has 0 rings (SSSR count). The molecule has 0 saturated heterocycles. The summed E-state index contributed by atoms with van der Waals surface area (Å²) >= 11 is 0. The average molecular weight is 173 g/mol. The zero-order valence-corrected chi connectivity index (χ0v) is 9.00. The van der Waals surface area contributed by atoms with E-state index in [9.17, 15) is 0 Å². The molecule has 3 unspecified atom stereocenters. The molecule has 0 aromatic carbocycles. The van der Waals surface area contributed by atoms with Crippen LogP contribution in [0.15, 0.2) is 0 Å². The maximum absolute atomic E-state index is 5.89. The molecular weight excluding hydrogens is 150 g/mol. The van der Waals surface area contributed by atoms with Crippen molar-refractivity contribution in [2.75, 3.05) is 7.11 Å². The van der Waals surface area contributed by atoms with Crippen LogP contribution in [0.4, 0.5) is 0 Å². The lowest BCUT2D eigenvalue weighted by molar-refractivity contribution is 0.0819. The van der Waals surface area contributed by atoms with Crippen LogP contribution in [0.2, 0.25) is 0 Å². The van der Waals surface area contributed by atoms with Crippen LogP contribution in [0.5, 0.6) is 0 Å². The summed E-state index contributed by atoms with van der Waals surface area (Å²) in [5, 5.41) is 0. The average Bonchev–Trinajstić information content (AvgIpc) is 1.98. The first-order valence-corrected chi connectivity index (χ1v) is 4.77. The Morgan fingerprint density at radius 3 is 1.92 bits per heavy atom. The molecule has 0 radical (unpaired) electrons. The Labute approximate surface area is 76.5 Å². The lowest BCUT2D eigenvalue weighted by atomic mass is 9.85. The van der Waals surface area contributed by atoms with Crippen molar-refractivity contribution in [1.82, 2.24) is 0 Å². The summed E-state index contributed by atoms with van der Waals surface area (Å²) in [6, 6.07) is 0.266. The molecule has 0 aliphatic rings. The number of hydrogen-bond donors (Lipinski definition) is 1. The topological polar surface area (TPSA) is 35.2 Å². The molecule has 12 heavy (non-hydrogen) atoms. The van der Waals surface area contributed by atoms with Gasteiger partial charge >= 0.3 is 0 Å². The number of nitrogens with two attached hydrogens (primary N) is 1. The monoisotopic (exact) mass is 173 g/mol. The van der Waals surface area contributed by atoms with E-state index in [1.54, 1.807) is 7.11 Å². The van der Waals surface area contributed by atoms with E-state index in [0.717, 1.165) is 6.42 Å². The zero-order chi connectivity index (χ0) is 9.72. The van der Waals surface area contributed by atoms with Crippen molar-refractivity contribution in [1.29, 1.82) is 0 Å². The van der Waals surface area contributed by atoms with E-state index in [2.05, 4.69) is 27.7 Å². The van der Waals surface area contributed by atoms with Gasteiger partial charge in [0.15, 0.2) is 0 Å². The van der Waals surface area contributed by atoms with Crippen LogP contribution in [-0.2, 0) is 4.74 Å². The van der Waals surface area contributed by atoms with E-state index in [1.165, 1.54) is 0 Å². The van der Waals surface area contributed by atoms with Crippen molar-refractivity contribution >= 4 is 0 Å². The smallest absolute Gasteiger partial charge is 0.0546 e. The van der Waals surface area contributed by atoms with Crippen LogP contribution in [0.3, 0.4) is 0 Å². The van der Waals surface area contributed by atoms with Crippen LogP contribution < -0.4 is 5.73 Å². The summed E-state index contributed by atoms with van der Waals surface area (Å²) in [5.41, 5.74) is 5.89. The van der Waals surface area contributed by atoms with Gasteiger partial charge in [0.1, 0.15) is 0 Å². The minimum absolute atomic E-state index is 0.266. The van der Waals surface area contributed by atoms with Crippen molar-refractivity contribution in [3.8, 4) is 0 Å². The van der Waals surface area contributed by atoms with Gasteiger partial charge in [-0.05, 0) is 32.1 Å². The summed E-state index contributed by atoms with van der Waals surface area (Å²) < 4.78 is 5.23. The highest BCUT2D eigenvalue weighted by Gasteiger charge is 2.20. The quantitative estimate of drug-likeness (QED) is 0.690. The lowest BCUT2D eigenvalue weighted by Crippen LogP contribution is -2.33. The van der Waals surface area contributed by atoms with Gasteiger partial charge in [-0.3, -0.25) is 0 Å². The molecule has 0 bridgehead atoms. The van der Waals surface area contributed by atoms with Gasteiger partial charge in [-0.1, -0.05) is 13.8 Å². The van der Waals surface area contributed by atoms with Gasteiger partial charge in [0.25, 0.3) is 0 Å². The normalized spacial score (nSPS) is 19.2. The van der Waals surface area contributed by atoms with Crippen LogP contribution in [-0.4, -0.2) is 19.3 Å². The third-order valence-electron chi connectivity index (χ3n) is 2.54. The van der Waals surface area contributed by atoms with Gasteiger partial charge in [0.05, 0.1) is 6.10 Å². The molecule has 2 nitrogen and oxygen atoms in total. The Kier molecular flexibility index (Phi) is 5.51. The number of methoxy groups -OCH3 is 1. The van der Waals surface area contributed by atoms with Crippen molar-refractivity contribution in [2.24, 2.45) is 17.6 Å². The van der Waals surface area contributed by atoms with E-state index < -0.39 is 0 Å². The second-order valence-electron chi connectivity index (χ2n) is 4.05. The second-order valence-corrected chi connectivity index (χ2v) is 4.05. The molecule has 0 aromatic rings. The standard InChI is InChI=1S/C10H23NO/c1-7(2)10(9(4)11)6-8(3)12-5/h7-10H,6,11H2,1-5H3. The molecule has 2 heteroatoms.